The van der Waals surface area contributed by atoms with Crippen LogP contribution in [0.1, 0.15) is 26.7 Å². The molecule has 1 aliphatic heterocycles. The van der Waals surface area contributed by atoms with Crippen molar-refractivity contribution in [3.63, 3.8) is 0 Å². The maximum absolute atomic E-state index is 11.0. The number of hydrogen-bond donors (Lipinski definition) is 0. The van der Waals surface area contributed by atoms with E-state index in [1.807, 2.05) is 0 Å². The summed E-state index contributed by atoms with van der Waals surface area (Å²) in [7, 11) is 0. The summed E-state index contributed by atoms with van der Waals surface area (Å²) in [4.78, 5) is 13.3. The fraction of sp³-hybridized carbons (Fsp3) is 0.889. The van der Waals surface area contributed by atoms with Gasteiger partial charge in [0, 0.05) is 13.0 Å². The maximum atomic E-state index is 11.0. The van der Waals surface area contributed by atoms with Gasteiger partial charge in [-0.3, -0.25) is 9.69 Å². The van der Waals surface area contributed by atoms with E-state index < -0.39 is 0 Å². The van der Waals surface area contributed by atoms with Gasteiger partial charge in [0.1, 0.15) is 5.78 Å². The molecule has 1 heterocycles. The molecule has 0 aromatic rings. The Labute approximate surface area is 68.6 Å². The van der Waals surface area contributed by atoms with Gasteiger partial charge in [-0.25, -0.2) is 0 Å². The highest BCUT2D eigenvalue weighted by Gasteiger charge is 2.16. The molecule has 0 aromatic heterocycles. The summed E-state index contributed by atoms with van der Waals surface area (Å²) in [5.74, 6) is 1.10. The zero-order valence-corrected chi connectivity index (χ0v) is 7.47. The van der Waals surface area contributed by atoms with E-state index >= 15 is 0 Å². The Kier molecular flexibility index (Phi) is 3.06. The Morgan fingerprint density at radius 1 is 1.55 bits per heavy atom. The largest absolute Gasteiger partial charge is 0.298 e. The molecule has 0 radical (unpaired) electrons. The standard InChI is InChI=1S/C9H17NO/c1-8(2)6-10-5-3-4-9(11)7-10/h8H,3-7H2,1-2H3. The fourth-order valence-corrected chi connectivity index (χ4v) is 1.58. The van der Waals surface area contributed by atoms with Crippen molar-refractivity contribution in [2.45, 2.75) is 26.7 Å². The van der Waals surface area contributed by atoms with Crippen LogP contribution < -0.4 is 0 Å². The summed E-state index contributed by atoms with van der Waals surface area (Å²) in [5.41, 5.74) is 0. The summed E-state index contributed by atoms with van der Waals surface area (Å²) in [6, 6.07) is 0. The van der Waals surface area contributed by atoms with E-state index in [-0.39, 0.29) is 0 Å². The van der Waals surface area contributed by atoms with E-state index in [2.05, 4.69) is 18.7 Å². The van der Waals surface area contributed by atoms with Gasteiger partial charge in [-0.2, -0.15) is 0 Å². The molecule has 1 saturated heterocycles. The minimum atomic E-state index is 0.414. The molecular formula is C9H17NO. The SMILES string of the molecule is CC(C)CN1CCCC(=O)C1. The van der Waals surface area contributed by atoms with Crippen LogP contribution >= 0.6 is 0 Å². The highest BCUT2D eigenvalue weighted by atomic mass is 16.1. The van der Waals surface area contributed by atoms with Gasteiger partial charge in [-0.15, -0.1) is 0 Å². The summed E-state index contributed by atoms with van der Waals surface area (Å²) in [6.45, 7) is 7.27. The van der Waals surface area contributed by atoms with Crippen LogP contribution in [-0.4, -0.2) is 30.3 Å². The second-order valence-corrected chi connectivity index (χ2v) is 3.77. The number of likely N-dealkylation sites (tertiary alicyclic amines) is 1. The Balaban J connectivity index is 2.28. The predicted octanol–water partition coefficient (Wildman–Crippen LogP) is 1.31. The van der Waals surface area contributed by atoms with Gasteiger partial charge >= 0.3 is 0 Å². The molecule has 0 amide bonds. The number of nitrogens with zero attached hydrogens (tertiary/aromatic N) is 1. The lowest BCUT2D eigenvalue weighted by atomic mass is 10.1. The van der Waals surface area contributed by atoms with Crippen LogP contribution in [0.2, 0.25) is 0 Å². The van der Waals surface area contributed by atoms with Crippen molar-refractivity contribution in [2.75, 3.05) is 19.6 Å². The summed E-state index contributed by atoms with van der Waals surface area (Å²) < 4.78 is 0. The Morgan fingerprint density at radius 2 is 2.27 bits per heavy atom. The van der Waals surface area contributed by atoms with E-state index in [0.717, 1.165) is 25.9 Å². The average Bonchev–Trinajstić information content (AvgIpc) is 1.85. The van der Waals surface area contributed by atoms with Crippen LogP contribution in [0.3, 0.4) is 0 Å². The van der Waals surface area contributed by atoms with E-state index in [4.69, 9.17) is 0 Å². The first kappa shape index (κ1) is 8.72. The molecule has 1 aliphatic rings. The Hall–Kier alpha value is -0.370. The monoisotopic (exact) mass is 155 g/mol. The van der Waals surface area contributed by atoms with Crippen molar-refractivity contribution in [1.29, 1.82) is 0 Å². The Bertz CT molecular complexity index is 142. The molecule has 0 N–H and O–H groups in total. The van der Waals surface area contributed by atoms with Crippen LogP contribution in [0.15, 0.2) is 0 Å². The van der Waals surface area contributed by atoms with E-state index in [9.17, 15) is 4.79 Å². The molecule has 0 aliphatic carbocycles. The molecule has 0 atom stereocenters. The summed E-state index contributed by atoms with van der Waals surface area (Å²) >= 11 is 0. The number of piperidine rings is 1. The first-order valence-electron chi connectivity index (χ1n) is 4.42. The van der Waals surface area contributed by atoms with Crippen molar-refractivity contribution in [3.8, 4) is 0 Å². The minimum Gasteiger partial charge on any atom is -0.298 e. The molecule has 0 unspecified atom stereocenters. The van der Waals surface area contributed by atoms with E-state index in [1.165, 1.54) is 0 Å². The van der Waals surface area contributed by atoms with Gasteiger partial charge in [0.25, 0.3) is 0 Å². The maximum Gasteiger partial charge on any atom is 0.146 e. The van der Waals surface area contributed by atoms with Gasteiger partial charge in [0.15, 0.2) is 0 Å². The van der Waals surface area contributed by atoms with Crippen LogP contribution in [0.25, 0.3) is 0 Å². The first-order chi connectivity index (χ1) is 5.18. The molecule has 64 valence electrons. The van der Waals surface area contributed by atoms with Crippen LogP contribution in [0.4, 0.5) is 0 Å². The van der Waals surface area contributed by atoms with E-state index in [1.54, 1.807) is 0 Å². The zero-order valence-electron chi connectivity index (χ0n) is 7.47. The average molecular weight is 155 g/mol. The molecule has 0 aromatic carbocycles. The third-order valence-electron chi connectivity index (χ3n) is 1.95. The van der Waals surface area contributed by atoms with Crippen molar-refractivity contribution >= 4 is 5.78 Å². The third-order valence-corrected chi connectivity index (χ3v) is 1.95. The number of Topliss-reactive ketones (excluding diaryl/α,β-unsaturated/α-hetero) is 1. The quantitative estimate of drug-likeness (QED) is 0.599. The lowest BCUT2D eigenvalue weighted by Gasteiger charge is -2.26. The number of carbonyl (C=O) groups is 1. The molecular weight excluding hydrogens is 138 g/mol. The highest BCUT2D eigenvalue weighted by molar-refractivity contribution is 5.81. The van der Waals surface area contributed by atoms with Crippen molar-refractivity contribution in [1.82, 2.24) is 4.90 Å². The lowest BCUT2D eigenvalue weighted by molar-refractivity contribution is -0.122. The zero-order chi connectivity index (χ0) is 8.27. The van der Waals surface area contributed by atoms with Gasteiger partial charge < -0.3 is 0 Å². The van der Waals surface area contributed by atoms with Crippen molar-refractivity contribution < 1.29 is 4.79 Å². The minimum absolute atomic E-state index is 0.414. The smallest absolute Gasteiger partial charge is 0.146 e. The van der Waals surface area contributed by atoms with Gasteiger partial charge in [0.2, 0.25) is 0 Å². The Morgan fingerprint density at radius 3 is 2.82 bits per heavy atom. The summed E-state index contributed by atoms with van der Waals surface area (Å²) in [6.07, 6.45) is 1.86. The van der Waals surface area contributed by atoms with Gasteiger partial charge in [-0.1, -0.05) is 13.8 Å². The second kappa shape index (κ2) is 3.86. The van der Waals surface area contributed by atoms with Gasteiger partial charge in [0.05, 0.1) is 6.54 Å². The van der Waals surface area contributed by atoms with Crippen molar-refractivity contribution in [3.05, 3.63) is 0 Å². The topological polar surface area (TPSA) is 20.3 Å². The lowest BCUT2D eigenvalue weighted by Crippen LogP contribution is -2.37. The van der Waals surface area contributed by atoms with Crippen LogP contribution in [0.5, 0.6) is 0 Å². The van der Waals surface area contributed by atoms with Crippen LogP contribution in [-0.2, 0) is 4.79 Å². The number of hydrogen-bond acceptors (Lipinski definition) is 2. The molecule has 11 heavy (non-hydrogen) atoms. The number of ketones is 1. The fourth-order valence-electron chi connectivity index (χ4n) is 1.58. The molecule has 0 bridgehead atoms. The molecule has 1 rings (SSSR count). The van der Waals surface area contributed by atoms with E-state index in [0.29, 0.717) is 18.2 Å². The van der Waals surface area contributed by atoms with Crippen LogP contribution in [0, 0.1) is 5.92 Å². The van der Waals surface area contributed by atoms with Crippen molar-refractivity contribution in [2.24, 2.45) is 5.92 Å². The highest BCUT2D eigenvalue weighted by Crippen LogP contribution is 2.07. The second-order valence-electron chi connectivity index (χ2n) is 3.77. The normalized spacial score (nSPS) is 21.2. The number of rotatable bonds is 2. The predicted molar refractivity (Wildman–Crippen MR) is 45.5 cm³/mol. The molecule has 0 spiro atoms. The first-order valence-corrected chi connectivity index (χ1v) is 4.42. The summed E-state index contributed by atoms with van der Waals surface area (Å²) in [5, 5.41) is 0. The third kappa shape index (κ3) is 3.02. The van der Waals surface area contributed by atoms with Gasteiger partial charge in [-0.05, 0) is 18.9 Å². The molecule has 2 heteroatoms. The molecule has 1 fully saturated rings. The number of carbonyl (C=O) groups excluding carboxylic acids is 1. The molecule has 2 nitrogen and oxygen atoms in total. The molecule has 0 saturated carbocycles.